The van der Waals surface area contributed by atoms with Crippen LogP contribution in [0.2, 0.25) is 0 Å². The molecule has 0 N–H and O–H groups in total. The van der Waals surface area contributed by atoms with Crippen molar-refractivity contribution >= 4 is 0 Å². The molecule has 0 aliphatic carbocycles. The first-order valence-electron chi connectivity index (χ1n) is 1.82. The second-order valence-corrected chi connectivity index (χ2v) is 0.859. The number of hydrogen-bond donors (Lipinski definition) is 0. The first-order valence-corrected chi connectivity index (χ1v) is 1.82. The summed E-state index contributed by atoms with van der Waals surface area (Å²) in [7, 11) is 0. The summed E-state index contributed by atoms with van der Waals surface area (Å²) in [4.78, 5) is 0. The van der Waals surface area contributed by atoms with Gasteiger partial charge < -0.3 is 0 Å². The molecule has 0 nitrogen and oxygen atoms in total. The fourth-order valence-electron chi connectivity index (χ4n) is 0.152. The van der Waals surface area contributed by atoms with Crippen LogP contribution in [0.25, 0.3) is 0 Å². The molecule has 0 saturated carbocycles. The van der Waals surface area contributed by atoms with Crippen molar-refractivity contribution in [2.45, 2.75) is 6.92 Å². The van der Waals surface area contributed by atoms with Crippen molar-refractivity contribution in [2.24, 2.45) is 0 Å². The first-order chi connectivity index (χ1) is 2.91. The topological polar surface area (TPSA) is 0 Å². The van der Waals surface area contributed by atoms with Crippen LogP contribution in [0.3, 0.4) is 0 Å². The summed E-state index contributed by atoms with van der Waals surface area (Å²) in [5, 5.41) is 0. The van der Waals surface area contributed by atoms with Gasteiger partial charge in [0.2, 0.25) is 0 Å². The number of allylic oxidation sites excluding steroid dienone is 2. The lowest BCUT2D eigenvalue weighted by Crippen LogP contribution is -1.52. The number of hydrogen-bond acceptors (Lipinski definition) is 0. The SMILES string of the molecule is C#C[CH]/C=C/C. The van der Waals surface area contributed by atoms with Crippen molar-refractivity contribution in [3.8, 4) is 12.3 Å². The lowest BCUT2D eigenvalue weighted by atomic mass is 10.4. The molecule has 0 aliphatic heterocycles. The average molecular weight is 79.1 g/mol. The lowest BCUT2D eigenvalue weighted by molar-refractivity contribution is 1.70. The molecule has 31 valence electrons. The van der Waals surface area contributed by atoms with Gasteiger partial charge in [-0.05, 0) is 6.92 Å². The molecule has 6 heavy (non-hydrogen) atoms. The highest BCUT2D eigenvalue weighted by Gasteiger charge is 1.58. The third kappa shape index (κ3) is 3.30. The van der Waals surface area contributed by atoms with Gasteiger partial charge in [0.1, 0.15) is 0 Å². The highest BCUT2D eigenvalue weighted by molar-refractivity contribution is 5.12. The van der Waals surface area contributed by atoms with Crippen molar-refractivity contribution < 1.29 is 0 Å². The molecule has 0 aromatic rings. The Morgan fingerprint density at radius 3 is 2.50 bits per heavy atom. The summed E-state index contributed by atoms with van der Waals surface area (Å²) in [6.07, 6.45) is 10.2. The zero-order chi connectivity index (χ0) is 4.83. The molecule has 0 spiro atoms. The molecule has 0 rings (SSSR count). The molecule has 0 fully saturated rings. The Kier molecular flexibility index (Phi) is 3.80. The van der Waals surface area contributed by atoms with Gasteiger partial charge in [0, 0.05) is 0 Å². The fourth-order valence-corrected chi connectivity index (χ4v) is 0.152. The quantitative estimate of drug-likeness (QED) is 0.417. The molecule has 0 aliphatic rings. The van der Waals surface area contributed by atoms with Gasteiger partial charge in [-0.25, -0.2) is 0 Å². The van der Waals surface area contributed by atoms with Crippen LogP contribution in [0.4, 0.5) is 0 Å². The molecule has 0 amide bonds. The van der Waals surface area contributed by atoms with Crippen molar-refractivity contribution in [3.63, 3.8) is 0 Å². The first kappa shape index (κ1) is 5.30. The van der Waals surface area contributed by atoms with E-state index < -0.39 is 0 Å². The van der Waals surface area contributed by atoms with Gasteiger partial charge in [-0.2, -0.15) is 0 Å². The molecule has 0 aromatic heterocycles. The zero-order valence-electron chi connectivity index (χ0n) is 3.81. The molecular formula is C6H7. The van der Waals surface area contributed by atoms with Gasteiger partial charge >= 0.3 is 0 Å². The zero-order valence-corrected chi connectivity index (χ0v) is 3.81. The molecule has 1 radical (unpaired) electrons. The van der Waals surface area contributed by atoms with E-state index in [2.05, 4.69) is 5.92 Å². The van der Waals surface area contributed by atoms with Crippen molar-refractivity contribution in [1.82, 2.24) is 0 Å². The third-order valence-electron chi connectivity index (χ3n) is 0.385. The van der Waals surface area contributed by atoms with E-state index in [-0.39, 0.29) is 0 Å². The maximum Gasteiger partial charge on any atom is 0.0552 e. The van der Waals surface area contributed by atoms with Gasteiger partial charge in [0.15, 0.2) is 0 Å². The average Bonchev–Trinajstić information content (AvgIpc) is 1.61. The van der Waals surface area contributed by atoms with Crippen molar-refractivity contribution in [1.29, 1.82) is 0 Å². The smallest absolute Gasteiger partial charge is 0.0552 e. The van der Waals surface area contributed by atoms with E-state index >= 15 is 0 Å². The van der Waals surface area contributed by atoms with Gasteiger partial charge in [-0.1, -0.05) is 18.1 Å². The monoisotopic (exact) mass is 79.1 g/mol. The minimum Gasteiger partial charge on any atom is -0.119 e. The van der Waals surface area contributed by atoms with Gasteiger partial charge in [0.05, 0.1) is 6.42 Å². The largest absolute Gasteiger partial charge is 0.119 e. The van der Waals surface area contributed by atoms with Crippen LogP contribution < -0.4 is 0 Å². The van der Waals surface area contributed by atoms with E-state index in [9.17, 15) is 0 Å². The fraction of sp³-hybridized carbons (Fsp3) is 0.167. The van der Waals surface area contributed by atoms with Gasteiger partial charge in [-0.15, -0.1) is 6.42 Å². The highest BCUT2D eigenvalue weighted by atomic mass is 13.6. The summed E-state index contributed by atoms with van der Waals surface area (Å²) in [6.45, 7) is 1.92. The van der Waals surface area contributed by atoms with Crippen LogP contribution in [-0.4, -0.2) is 0 Å². The number of rotatable bonds is 1. The van der Waals surface area contributed by atoms with Crippen LogP contribution in [0, 0.1) is 18.8 Å². The summed E-state index contributed by atoms with van der Waals surface area (Å²) in [6, 6.07) is 0. The molecule has 0 saturated heterocycles. The lowest BCUT2D eigenvalue weighted by Gasteiger charge is -1.65. The second kappa shape index (κ2) is 4.30. The minimum absolute atomic E-state index is 1.65. The molecule has 0 atom stereocenters. The van der Waals surface area contributed by atoms with E-state index in [1.165, 1.54) is 0 Å². The Hall–Kier alpha value is -0.700. The summed E-state index contributed by atoms with van der Waals surface area (Å²) < 4.78 is 0. The van der Waals surface area contributed by atoms with Crippen LogP contribution in [-0.2, 0) is 0 Å². The molecule has 0 heteroatoms. The third-order valence-corrected chi connectivity index (χ3v) is 0.385. The summed E-state index contributed by atoms with van der Waals surface area (Å²) >= 11 is 0. The van der Waals surface area contributed by atoms with Gasteiger partial charge in [-0.3, -0.25) is 0 Å². The standard InChI is InChI=1S/C6H7/c1-3-5-6-4-2/h1,4-6H,2H3/b6-4+. The Morgan fingerprint density at radius 2 is 2.33 bits per heavy atom. The highest BCUT2D eigenvalue weighted by Crippen LogP contribution is 1.72. The van der Waals surface area contributed by atoms with E-state index in [1.807, 2.05) is 19.1 Å². The molecular weight excluding hydrogens is 72.1 g/mol. The van der Waals surface area contributed by atoms with E-state index in [0.717, 1.165) is 0 Å². The van der Waals surface area contributed by atoms with Crippen LogP contribution in [0.15, 0.2) is 12.2 Å². The predicted molar refractivity (Wildman–Crippen MR) is 27.9 cm³/mol. The normalized spacial score (nSPS) is 8.67. The van der Waals surface area contributed by atoms with E-state index in [4.69, 9.17) is 6.42 Å². The second-order valence-electron chi connectivity index (χ2n) is 0.859. The van der Waals surface area contributed by atoms with Crippen LogP contribution in [0.1, 0.15) is 6.92 Å². The molecule has 0 unspecified atom stereocenters. The van der Waals surface area contributed by atoms with E-state index in [0.29, 0.717) is 0 Å². The van der Waals surface area contributed by atoms with Crippen LogP contribution >= 0.6 is 0 Å². The predicted octanol–water partition coefficient (Wildman–Crippen LogP) is 1.40. The Labute approximate surface area is 38.9 Å². The summed E-state index contributed by atoms with van der Waals surface area (Å²) in [5.41, 5.74) is 0. The Bertz CT molecular complexity index is 72.5. The maximum absolute atomic E-state index is 4.86. The van der Waals surface area contributed by atoms with Gasteiger partial charge in [0.25, 0.3) is 0 Å². The van der Waals surface area contributed by atoms with Crippen LogP contribution in [0.5, 0.6) is 0 Å². The Balaban J connectivity index is 2.92. The number of terminal acetylenes is 1. The summed E-state index contributed by atoms with van der Waals surface area (Å²) in [5.74, 6) is 2.36. The molecule has 0 aromatic carbocycles. The minimum atomic E-state index is 1.65. The Morgan fingerprint density at radius 1 is 1.67 bits per heavy atom. The van der Waals surface area contributed by atoms with Crippen molar-refractivity contribution in [3.05, 3.63) is 18.6 Å². The molecule has 0 heterocycles. The van der Waals surface area contributed by atoms with E-state index in [1.54, 1.807) is 6.42 Å². The van der Waals surface area contributed by atoms with Crippen molar-refractivity contribution in [2.75, 3.05) is 0 Å². The molecule has 0 bridgehead atoms. The maximum atomic E-state index is 4.86.